The van der Waals surface area contributed by atoms with Gasteiger partial charge in [-0.2, -0.15) is 4.37 Å². The quantitative estimate of drug-likeness (QED) is 0.615. The fraction of sp³-hybridized carbons (Fsp3) is 0.500. The van der Waals surface area contributed by atoms with Crippen LogP contribution in [0.2, 0.25) is 0 Å². The van der Waals surface area contributed by atoms with E-state index in [1.165, 1.54) is 42.0 Å². The smallest absolute Gasteiger partial charge is 0.256 e. The molecular weight excluding hydrogens is 290 g/mol. The van der Waals surface area contributed by atoms with E-state index in [0.717, 1.165) is 9.24 Å². The van der Waals surface area contributed by atoms with Gasteiger partial charge in [0.1, 0.15) is 5.03 Å². The normalized spacial score (nSPS) is 10.2. The van der Waals surface area contributed by atoms with Gasteiger partial charge in [-0.3, -0.25) is 9.59 Å². The molecule has 0 fully saturated rings. The number of carbonyl (C=O) groups is 2. The van der Waals surface area contributed by atoms with Gasteiger partial charge in [0, 0.05) is 20.0 Å². The zero-order valence-electron chi connectivity index (χ0n) is 10.4. The van der Waals surface area contributed by atoms with Gasteiger partial charge in [-0.15, -0.1) is 23.5 Å². The number of nitrogens with one attached hydrogen (secondary N) is 2. The molecule has 0 spiro atoms. The Hall–Kier alpha value is -0.730. The summed E-state index contributed by atoms with van der Waals surface area (Å²) in [4.78, 5) is 22.7. The van der Waals surface area contributed by atoms with Gasteiger partial charge in [-0.25, -0.2) is 0 Å². The first-order valence-electron chi connectivity index (χ1n) is 5.20. The van der Waals surface area contributed by atoms with Crippen molar-refractivity contribution in [2.24, 2.45) is 0 Å². The summed E-state index contributed by atoms with van der Waals surface area (Å²) < 4.78 is 5.15. The van der Waals surface area contributed by atoms with Crippen LogP contribution in [0.15, 0.2) is 9.24 Å². The van der Waals surface area contributed by atoms with Crippen molar-refractivity contribution in [1.29, 1.82) is 0 Å². The van der Waals surface area contributed by atoms with Gasteiger partial charge in [0.15, 0.2) is 0 Å². The molecule has 0 saturated carbocycles. The van der Waals surface area contributed by atoms with Crippen molar-refractivity contribution in [3.63, 3.8) is 0 Å². The highest BCUT2D eigenvalue weighted by Gasteiger charge is 2.19. The number of thioether (sulfide) groups is 2. The van der Waals surface area contributed by atoms with Gasteiger partial charge in [0.05, 0.1) is 9.77 Å². The zero-order chi connectivity index (χ0) is 13.5. The van der Waals surface area contributed by atoms with Gasteiger partial charge in [0.25, 0.3) is 5.91 Å². The Morgan fingerprint density at radius 1 is 1.22 bits per heavy atom. The first-order valence-corrected chi connectivity index (χ1v) is 8.42. The molecule has 1 aromatic rings. The van der Waals surface area contributed by atoms with Crippen LogP contribution in [0.5, 0.6) is 0 Å². The summed E-state index contributed by atoms with van der Waals surface area (Å²) in [6.45, 7) is 2.29. The molecule has 0 aromatic carbocycles. The number of hydrogen-bond acceptors (Lipinski definition) is 6. The van der Waals surface area contributed by atoms with E-state index in [4.69, 9.17) is 0 Å². The molecule has 1 heterocycles. The number of aromatic nitrogens is 1. The molecule has 0 bridgehead atoms. The van der Waals surface area contributed by atoms with Crippen molar-refractivity contribution < 1.29 is 9.59 Å². The zero-order valence-corrected chi connectivity index (χ0v) is 12.9. The second kappa shape index (κ2) is 7.65. The van der Waals surface area contributed by atoms with Gasteiger partial charge >= 0.3 is 0 Å². The minimum Gasteiger partial charge on any atom is -0.355 e. The van der Waals surface area contributed by atoms with E-state index in [9.17, 15) is 9.59 Å². The van der Waals surface area contributed by atoms with E-state index in [0.29, 0.717) is 18.7 Å². The third kappa shape index (κ3) is 4.18. The average molecular weight is 305 g/mol. The molecule has 18 heavy (non-hydrogen) atoms. The monoisotopic (exact) mass is 305 g/mol. The molecule has 1 rings (SSSR count). The van der Waals surface area contributed by atoms with Crippen LogP contribution in [-0.4, -0.2) is 41.8 Å². The molecule has 0 unspecified atom stereocenters. The molecule has 2 amide bonds. The summed E-state index contributed by atoms with van der Waals surface area (Å²) >= 11 is 4.31. The van der Waals surface area contributed by atoms with E-state index in [2.05, 4.69) is 15.0 Å². The number of rotatable bonds is 6. The van der Waals surface area contributed by atoms with Crippen molar-refractivity contribution in [1.82, 2.24) is 15.0 Å². The topological polar surface area (TPSA) is 71.1 Å². The first kappa shape index (κ1) is 15.3. The van der Waals surface area contributed by atoms with Crippen LogP contribution in [0.4, 0.5) is 0 Å². The molecule has 1 aromatic heterocycles. The Balaban J connectivity index is 2.60. The molecule has 0 aliphatic carbocycles. The first-order chi connectivity index (χ1) is 8.60. The van der Waals surface area contributed by atoms with Crippen molar-refractivity contribution in [3.05, 3.63) is 5.56 Å². The molecule has 0 saturated heterocycles. The lowest BCUT2D eigenvalue weighted by Gasteiger charge is -2.06. The molecule has 0 atom stereocenters. The van der Waals surface area contributed by atoms with Crippen molar-refractivity contribution in [2.75, 3.05) is 25.6 Å². The Labute approximate surface area is 119 Å². The van der Waals surface area contributed by atoms with Crippen LogP contribution < -0.4 is 10.6 Å². The third-order valence-electron chi connectivity index (χ3n) is 2.02. The molecule has 5 nitrogen and oxygen atoms in total. The minimum atomic E-state index is -0.136. The molecule has 0 radical (unpaired) electrons. The number of nitrogens with zero attached hydrogens (tertiary/aromatic N) is 1. The van der Waals surface area contributed by atoms with Crippen LogP contribution in [0, 0.1) is 0 Å². The fourth-order valence-electron chi connectivity index (χ4n) is 1.23. The fourth-order valence-corrected chi connectivity index (χ4v) is 3.51. The number of hydrogen-bond donors (Lipinski definition) is 2. The van der Waals surface area contributed by atoms with Gasteiger partial charge < -0.3 is 10.6 Å². The summed E-state index contributed by atoms with van der Waals surface area (Å²) in [7, 11) is 0. The maximum Gasteiger partial charge on any atom is 0.256 e. The SMILES string of the molecule is CSc1nsc(SC)c1C(=O)NCCNC(C)=O. The summed E-state index contributed by atoms with van der Waals surface area (Å²) in [6, 6.07) is 0. The van der Waals surface area contributed by atoms with Gasteiger partial charge in [0.2, 0.25) is 5.91 Å². The largest absolute Gasteiger partial charge is 0.355 e. The van der Waals surface area contributed by atoms with Crippen LogP contribution >= 0.6 is 35.1 Å². The Bertz CT molecular complexity index is 413. The maximum absolute atomic E-state index is 12.0. The predicted octanol–water partition coefficient (Wildman–Crippen LogP) is 1.45. The van der Waals surface area contributed by atoms with Crippen molar-refractivity contribution >= 4 is 46.9 Å². The second-order valence-corrected chi connectivity index (χ2v) is 5.94. The van der Waals surface area contributed by atoms with E-state index >= 15 is 0 Å². The van der Waals surface area contributed by atoms with Crippen LogP contribution in [0.3, 0.4) is 0 Å². The average Bonchev–Trinajstić information content (AvgIpc) is 2.76. The highest BCUT2D eigenvalue weighted by atomic mass is 32.2. The van der Waals surface area contributed by atoms with Crippen molar-refractivity contribution in [3.8, 4) is 0 Å². The second-order valence-electron chi connectivity index (χ2n) is 3.30. The summed E-state index contributed by atoms with van der Waals surface area (Å²) in [5.41, 5.74) is 0.642. The molecule has 0 aliphatic heterocycles. The lowest BCUT2D eigenvalue weighted by molar-refractivity contribution is -0.118. The van der Waals surface area contributed by atoms with Crippen LogP contribution in [0.25, 0.3) is 0 Å². The standard InChI is InChI=1S/C10H15N3O2S3/c1-6(14)11-4-5-12-8(15)7-9(16-2)13-18-10(7)17-3/h4-5H2,1-3H3,(H,11,14)(H,12,15). The van der Waals surface area contributed by atoms with Crippen molar-refractivity contribution in [2.45, 2.75) is 16.2 Å². The number of carbonyl (C=O) groups excluding carboxylic acids is 2. The van der Waals surface area contributed by atoms with Gasteiger partial charge in [-0.05, 0) is 24.0 Å². The molecule has 8 heteroatoms. The summed E-state index contributed by atoms with van der Waals surface area (Å²) in [5, 5.41) is 6.15. The van der Waals surface area contributed by atoms with Crippen LogP contribution in [-0.2, 0) is 4.79 Å². The Kier molecular flexibility index (Phi) is 6.51. The Morgan fingerprint density at radius 3 is 2.44 bits per heavy atom. The lowest BCUT2D eigenvalue weighted by Crippen LogP contribution is -2.33. The third-order valence-corrected chi connectivity index (χ3v) is 4.76. The Morgan fingerprint density at radius 2 is 1.89 bits per heavy atom. The highest BCUT2D eigenvalue weighted by molar-refractivity contribution is 8.01. The molecular formula is C10H15N3O2S3. The molecule has 100 valence electrons. The van der Waals surface area contributed by atoms with Gasteiger partial charge in [-0.1, -0.05) is 0 Å². The predicted molar refractivity (Wildman–Crippen MR) is 76.7 cm³/mol. The van der Waals surface area contributed by atoms with E-state index in [-0.39, 0.29) is 11.8 Å². The summed E-state index contributed by atoms with van der Waals surface area (Å²) in [6.07, 6.45) is 3.82. The molecule has 2 N–H and O–H groups in total. The van der Waals surface area contributed by atoms with Crippen LogP contribution in [0.1, 0.15) is 17.3 Å². The maximum atomic E-state index is 12.0. The lowest BCUT2D eigenvalue weighted by atomic mass is 10.3. The number of amides is 2. The molecule has 0 aliphatic rings. The highest BCUT2D eigenvalue weighted by Crippen LogP contribution is 2.32. The van der Waals surface area contributed by atoms with E-state index in [1.807, 2.05) is 12.5 Å². The summed E-state index contributed by atoms with van der Waals surface area (Å²) in [5.74, 6) is -0.237. The van der Waals surface area contributed by atoms with E-state index in [1.54, 1.807) is 0 Å². The van der Waals surface area contributed by atoms with E-state index < -0.39 is 0 Å². The minimum absolute atomic E-state index is 0.101.